The highest BCUT2D eigenvalue weighted by Crippen LogP contribution is 2.79. The maximum absolute atomic E-state index is 2.90. The highest BCUT2D eigenvalue weighted by Gasteiger charge is 2.73. The molecular formula is C45H86. The van der Waals surface area contributed by atoms with E-state index in [0.717, 1.165) is 71.0 Å². The van der Waals surface area contributed by atoms with E-state index in [1.807, 2.05) is 0 Å². The van der Waals surface area contributed by atoms with E-state index < -0.39 is 0 Å². The largest absolute Gasteiger partial charge is 0.0651 e. The molecule has 0 radical (unpaired) electrons. The zero-order chi connectivity index (χ0) is 35.0. The second kappa shape index (κ2) is 12.7. The van der Waals surface area contributed by atoms with Crippen molar-refractivity contribution in [3.05, 3.63) is 0 Å². The number of rotatable bonds is 10. The lowest BCUT2D eigenvalue weighted by Gasteiger charge is -2.77. The molecule has 0 heteroatoms. The lowest BCUT2D eigenvalue weighted by atomic mass is 9.27. The lowest BCUT2D eigenvalue weighted by molar-refractivity contribution is -0.299. The maximum atomic E-state index is 2.90. The Kier molecular flexibility index (Phi) is 11.1. The standard InChI is InChI=1S/C45H86/c1-22-33-36(28(7)8)37(43(19,25-4)32(12)40(13,14)23-2)29(9)34-26-44(20,41(15,16)24-3)39-42(17,18)30(10)35(27(5)6)31(11)45(39,21)38(33)34/h27-39H,22-26H2,1-21H3/t29?,30?,31?,32?,33?,34-,35?,36?,37?,38?,39-,43?,44+,45?/m1/s1. The Labute approximate surface area is 286 Å². The minimum Gasteiger partial charge on any atom is -0.0651 e. The summed E-state index contributed by atoms with van der Waals surface area (Å²) in [7, 11) is 0. The van der Waals surface area contributed by atoms with Crippen LogP contribution in [-0.4, -0.2) is 0 Å². The first-order valence-electron chi connectivity index (χ1n) is 20.4. The zero-order valence-corrected chi connectivity index (χ0v) is 35.0. The van der Waals surface area contributed by atoms with Gasteiger partial charge in [0.2, 0.25) is 0 Å². The highest BCUT2D eigenvalue weighted by molar-refractivity contribution is 5.21. The van der Waals surface area contributed by atoms with Gasteiger partial charge in [0.05, 0.1) is 0 Å². The van der Waals surface area contributed by atoms with Crippen molar-refractivity contribution in [2.45, 2.75) is 178 Å². The van der Waals surface area contributed by atoms with Crippen LogP contribution in [0, 0.1) is 109 Å². The third kappa shape index (κ3) is 5.48. The molecule has 0 aromatic rings. The summed E-state index contributed by atoms with van der Waals surface area (Å²) in [6.45, 7) is 55.9. The molecule has 266 valence electrons. The van der Waals surface area contributed by atoms with Gasteiger partial charge in [0.1, 0.15) is 0 Å². The number of hydrogen-bond acceptors (Lipinski definition) is 0. The molecule has 0 aromatic heterocycles. The summed E-state index contributed by atoms with van der Waals surface area (Å²) >= 11 is 0. The second-order valence-electron chi connectivity index (χ2n) is 21.3. The van der Waals surface area contributed by atoms with Crippen LogP contribution in [0.15, 0.2) is 0 Å². The van der Waals surface area contributed by atoms with Crippen molar-refractivity contribution < 1.29 is 0 Å². The van der Waals surface area contributed by atoms with Crippen LogP contribution in [0.1, 0.15) is 178 Å². The molecule has 3 fully saturated rings. The Bertz CT molecular complexity index is 996. The maximum Gasteiger partial charge on any atom is -0.0225 e. The van der Waals surface area contributed by atoms with Crippen molar-refractivity contribution in [2.24, 2.45) is 109 Å². The summed E-state index contributed by atoms with van der Waals surface area (Å²) in [5.74, 6) is 9.88. The van der Waals surface area contributed by atoms with Gasteiger partial charge in [-0.15, -0.1) is 0 Å². The topological polar surface area (TPSA) is 0 Å². The molecule has 11 unspecified atom stereocenters. The monoisotopic (exact) mass is 627 g/mol. The van der Waals surface area contributed by atoms with Crippen molar-refractivity contribution in [1.29, 1.82) is 0 Å². The quantitative estimate of drug-likeness (QED) is 0.226. The van der Waals surface area contributed by atoms with Crippen LogP contribution >= 0.6 is 0 Å². The summed E-state index contributed by atoms with van der Waals surface area (Å²) < 4.78 is 0. The third-order valence-electron chi connectivity index (χ3n) is 18.8. The Morgan fingerprint density at radius 3 is 1.60 bits per heavy atom. The van der Waals surface area contributed by atoms with Crippen molar-refractivity contribution in [1.82, 2.24) is 0 Å². The Morgan fingerprint density at radius 1 is 0.689 bits per heavy atom. The van der Waals surface area contributed by atoms with Crippen molar-refractivity contribution >= 4 is 0 Å². The zero-order valence-electron chi connectivity index (χ0n) is 35.0. The van der Waals surface area contributed by atoms with Gasteiger partial charge in [-0.25, -0.2) is 0 Å². The minimum atomic E-state index is 0.308. The van der Waals surface area contributed by atoms with Gasteiger partial charge in [0, 0.05) is 0 Å². The molecular weight excluding hydrogens is 540 g/mol. The van der Waals surface area contributed by atoms with E-state index in [4.69, 9.17) is 0 Å². The van der Waals surface area contributed by atoms with Crippen LogP contribution < -0.4 is 0 Å². The van der Waals surface area contributed by atoms with E-state index in [0.29, 0.717) is 38.4 Å². The molecule has 3 aliphatic carbocycles. The first-order valence-corrected chi connectivity index (χ1v) is 20.4. The second-order valence-corrected chi connectivity index (χ2v) is 21.3. The number of hydrogen-bond donors (Lipinski definition) is 0. The van der Waals surface area contributed by atoms with Crippen LogP contribution in [0.25, 0.3) is 0 Å². The Morgan fingerprint density at radius 2 is 1.20 bits per heavy atom. The lowest BCUT2D eigenvalue weighted by Crippen LogP contribution is -2.72. The highest BCUT2D eigenvalue weighted by atomic mass is 14.8. The summed E-state index contributed by atoms with van der Waals surface area (Å²) in [5, 5.41) is 0. The Balaban J connectivity index is 2.45. The predicted octanol–water partition coefficient (Wildman–Crippen LogP) is 14.3. The van der Waals surface area contributed by atoms with Gasteiger partial charge in [-0.1, -0.05) is 171 Å². The normalized spacial score (nSPS) is 44.3. The van der Waals surface area contributed by atoms with E-state index in [1.54, 1.807) is 0 Å². The average molecular weight is 627 g/mol. The molecule has 0 aromatic carbocycles. The summed E-state index contributed by atoms with van der Waals surface area (Å²) in [6.07, 6.45) is 6.63. The van der Waals surface area contributed by atoms with E-state index in [9.17, 15) is 0 Å². The van der Waals surface area contributed by atoms with Gasteiger partial charge in [0.15, 0.2) is 0 Å². The fourth-order valence-electron chi connectivity index (χ4n) is 15.0. The van der Waals surface area contributed by atoms with Crippen LogP contribution in [0.4, 0.5) is 0 Å². The molecule has 14 atom stereocenters. The molecule has 0 amide bonds. The fraction of sp³-hybridized carbons (Fsp3) is 1.00. The molecule has 3 rings (SSSR count). The molecule has 0 bridgehead atoms. The molecule has 0 saturated heterocycles. The van der Waals surface area contributed by atoms with Crippen LogP contribution in [-0.2, 0) is 0 Å². The van der Waals surface area contributed by atoms with E-state index in [1.165, 1.54) is 32.1 Å². The minimum absolute atomic E-state index is 0.308. The third-order valence-corrected chi connectivity index (χ3v) is 18.8. The fourth-order valence-corrected chi connectivity index (χ4v) is 15.0. The van der Waals surface area contributed by atoms with Crippen molar-refractivity contribution in [3.8, 4) is 0 Å². The van der Waals surface area contributed by atoms with Gasteiger partial charge in [0.25, 0.3) is 0 Å². The van der Waals surface area contributed by atoms with Crippen LogP contribution in [0.3, 0.4) is 0 Å². The molecule has 0 N–H and O–H groups in total. The average Bonchev–Trinajstić information content (AvgIpc) is 2.95. The van der Waals surface area contributed by atoms with E-state index in [2.05, 4.69) is 145 Å². The molecule has 3 aliphatic rings. The summed E-state index contributed by atoms with van der Waals surface area (Å²) in [6, 6.07) is 0. The van der Waals surface area contributed by atoms with Crippen LogP contribution in [0.5, 0.6) is 0 Å². The van der Waals surface area contributed by atoms with Crippen LogP contribution in [0.2, 0.25) is 0 Å². The molecule has 3 saturated carbocycles. The SMILES string of the molecule is CCC1C(C(C)C)C(C(C)(CC)C(C)C(C)(C)CC)C(C)[C@H]2C[C@](C)(C(C)(C)CC)[C@H]3C(C)(C)C(C)C(C(C)C)C(C)C3(C)C12. The van der Waals surface area contributed by atoms with E-state index in [-0.39, 0.29) is 0 Å². The Hall–Kier alpha value is 0. The van der Waals surface area contributed by atoms with E-state index >= 15 is 0 Å². The van der Waals surface area contributed by atoms with Gasteiger partial charge in [-0.05, 0) is 116 Å². The molecule has 0 heterocycles. The number of fused-ring (bicyclic) bond motifs is 3. The smallest absolute Gasteiger partial charge is 0.0225 e. The van der Waals surface area contributed by atoms with Crippen molar-refractivity contribution in [2.75, 3.05) is 0 Å². The molecule has 0 aliphatic heterocycles. The molecule has 45 heavy (non-hydrogen) atoms. The first kappa shape index (κ1) is 39.4. The summed E-state index contributed by atoms with van der Waals surface area (Å²) in [5.41, 5.74) is 1.96. The van der Waals surface area contributed by atoms with Gasteiger partial charge in [-0.3, -0.25) is 0 Å². The van der Waals surface area contributed by atoms with Gasteiger partial charge >= 0.3 is 0 Å². The molecule has 0 spiro atoms. The summed E-state index contributed by atoms with van der Waals surface area (Å²) in [4.78, 5) is 0. The van der Waals surface area contributed by atoms with Gasteiger partial charge in [-0.2, -0.15) is 0 Å². The molecule has 0 nitrogen and oxygen atoms in total. The predicted molar refractivity (Wildman–Crippen MR) is 202 cm³/mol. The van der Waals surface area contributed by atoms with Crippen molar-refractivity contribution in [3.63, 3.8) is 0 Å². The van der Waals surface area contributed by atoms with Gasteiger partial charge < -0.3 is 0 Å². The first-order chi connectivity index (χ1) is 20.4.